The first-order valence-electron chi connectivity index (χ1n) is 8.46. The summed E-state index contributed by atoms with van der Waals surface area (Å²) in [6.45, 7) is 2.85. The molecule has 1 fully saturated rings. The van der Waals surface area contributed by atoms with Crippen LogP contribution < -0.4 is 10.1 Å². The number of rotatable bonds is 2. The van der Waals surface area contributed by atoms with Gasteiger partial charge >= 0.3 is 0 Å². The first-order valence-corrected chi connectivity index (χ1v) is 8.46. The summed E-state index contributed by atoms with van der Waals surface area (Å²) >= 11 is 0. The predicted molar refractivity (Wildman–Crippen MR) is 97.1 cm³/mol. The Morgan fingerprint density at radius 1 is 1.36 bits per heavy atom. The van der Waals surface area contributed by atoms with Crippen LogP contribution >= 0.6 is 12.4 Å². The molecule has 0 bridgehead atoms. The van der Waals surface area contributed by atoms with Crippen molar-refractivity contribution in [2.75, 3.05) is 26.2 Å². The number of aromatic nitrogens is 2. The molecule has 0 saturated carbocycles. The molecule has 25 heavy (non-hydrogen) atoms. The maximum Gasteiger partial charge on any atom is 0.231 e. The van der Waals surface area contributed by atoms with E-state index in [1.54, 1.807) is 6.20 Å². The number of piperazine rings is 1. The fourth-order valence-electron chi connectivity index (χ4n) is 3.70. The van der Waals surface area contributed by atoms with Crippen LogP contribution in [0.25, 0.3) is 0 Å². The van der Waals surface area contributed by atoms with Crippen LogP contribution in [0.1, 0.15) is 29.8 Å². The molecule has 0 spiro atoms. The maximum atomic E-state index is 13.3. The summed E-state index contributed by atoms with van der Waals surface area (Å²) in [5.74, 6) is 1.82. The van der Waals surface area contributed by atoms with Crippen LogP contribution in [-0.4, -0.2) is 46.6 Å². The van der Waals surface area contributed by atoms with Gasteiger partial charge in [-0.15, -0.1) is 12.4 Å². The summed E-state index contributed by atoms with van der Waals surface area (Å²) in [5, 5.41) is 3.39. The third-order valence-electron chi connectivity index (χ3n) is 4.94. The number of hydrogen-bond donors (Lipinski definition) is 1. The van der Waals surface area contributed by atoms with Gasteiger partial charge in [0.1, 0.15) is 17.6 Å². The first kappa shape index (κ1) is 17.8. The Balaban J connectivity index is 0.00000182. The highest BCUT2D eigenvalue weighted by Crippen LogP contribution is 2.36. The second kappa shape index (κ2) is 7.45. The second-order valence-corrected chi connectivity index (χ2v) is 6.38. The van der Waals surface area contributed by atoms with E-state index in [0.717, 1.165) is 36.6 Å². The summed E-state index contributed by atoms with van der Waals surface area (Å²) in [6.07, 6.45) is 4.44. The molecule has 1 amide bonds. The van der Waals surface area contributed by atoms with Crippen LogP contribution in [-0.2, 0) is 11.8 Å². The normalized spacial score (nSPS) is 22.5. The number of ether oxygens (including phenoxy) is 1. The van der Waals surface area contributed by atoms with Crippen molar-refractivity contribution in [3.8, 4) is 5.75 Å². The average Bonchev–Trinajstić information content (AvgIpc) is 3.06. The standard InChI is InChI=1S/C18H22N4O2.ClH/c1-21-9-8-20-17(21)15-12-19-7-10-22(15)18(23)14-6-11-24-16-5-3-2-4-13(14)16;/h2-5,8-9,14-15,19H,6-7,10-12H2,1H3;1H. The van der Waals surface area contributed by atoms with Gasteiger partial charge in [-0.2, -0.15) is 0 Å². The Labute approximate surface area is 153 Å². The molecular formula is C18H23ClN4O2. The third-order valence-corrected chi connectivity index (χ3v) is 4.94. The lowest BCUT2D eigenvalue weighted by molar-refractivity contribution is -0.137. The molecule has 134 valence electrons. The van der Waals surface area contributed by atoms with Gasteiger partial charge in [-0.3, -0.25) is 4.79 Å². The molecule has 6 nitrogen and oxygen atoms in total. The number of imidazole rings is 1. The molecule has 2 atom stereocenters. The number of carbonyl (C=O) groups is 1. The zero-order valence-corrected chi connectivity index (χ0v) is 15.0. The second-order valence-electron chi connectivity index (χ2n) is 6.38. The van der Waals surface area contributed by atoms with Gasteiger partial charge in [-0.1, -0.05) is 18.2 Å². The number of amides is 1. The minimum absolute atomic E-state index is 0. The third kappa shape index (κ3) is 3.24. The SMILES string of the molecule is Cl.Cn1ccnc1C1CNCCN1C(=O)C1CCOc2ccccc21. The van der Waals surface area contributed by atoms with Crippen molar-refractivity contribution in [3.63, 3.8) is 0 Å². The fraction of sp³-hybridized carbons (Fsp3) is 0.444. The van der Waals surface area contributed by atoms with E-state index in [1.165, 1.54) is 0 Å². The van der Waals surface area contributed by atoms with E-state index < -0.39 is 0 Å². The molecular weight excluding hydrogens is 340 g/mol. The number of nitrogens with zero attached hydrogens (tertiary/aromatic N) is 3. The molecule has 2 aliphatic rings. The van der Waals surface area contributed by atoms with Gasteiger partial charge in [0.05, 0.1) is 12.5 Å². The lowest BCUT2D eigenvalue weighted by atomic mass is 9.91. The molecule has 1 aromatic carbocycles. The first-order chi connectivity index (χ1) is 11.8. The number of benzene rings is 1. The molecule has 7 heteroatoms. The highest BCUT2D eigenvalue weighted by molar-refractivity contribution is 5.85. The van der Waals surface area contributed by atoms with Crippen LogP contribution in [0.5, 0.6) is 5.75 Å². The number of para-hydroxylation sites is 1. The van der Waals surface area contributed by atoms with Gasteiger partial charge in [-0.05, 0) is 12.5 Å². The Morgan fingerprint density at radius 3 is 3.00 bits per heavy atom. The number of fused-ring (bicyclic) bond motifs is 1. The summed E-state index contributed by atoms with van der Waals surface area (Å²) in [7, 11) is 1.98. The highest BCUT2D eigenvalue weighted by Gasteiger charge is 2.36. The van der Waals surface area contributed by atoms with Crippen molar-refractivity contribution in [2.24, 2.45) is 7.05 Å². The molecule has 0 aliphatic carbocycles. The molecule has 1 N–H and O–H groups in total. The van der Waals surface area contributed by atoms with Crippen LogP contribution in [0.3, 0.4) is 0 Å². The molecule has 0 radical (unpaired) electrons. The number of nitrogens with one attached hydrogen (secondary N) is 1. The number of hydrogen-bond acceptors (Lipinski definition) is 4. The molecule has 4 rings (SSSR count). The molecule has 1 aromatic heterocycles. The molecule has 2 aliphatic heterocycles. The monoisotopic (exact) mass is 362 g/mol. The van der Waals surface area contributed by atoms with E-state index in [9.17, 15) is 4.79 Å². The van der Waals surface area contributed by atoms with Crippen molar-refractivity contribution in [3.05, 3.63) is 48.0 Å². The molecule has 2 aromatic rings. The molecule has 2 unspecified atom stereocenters. The quantitative estimate of drug-likeness (QED) is 0.886. The van der Waals surface area contributed by atoms with E-state index in [4.69, 9.17) is 4.74 Å². The van der Waals surface area contributed by atoms with Gasteiger partial charge in [0, 0.05) is 44.6 Å². The topological polar surface area (TPSA) is 59.4 Å². The van der Waals surface area contributed by atoms with Crippen molar-refractivity contribution in [1.29, 1.82) is 0 Å². The Morgan fingerprint density at radius 2 is 2.20 bits per heavy atom. The number of carbonyl (C=O) groups excluding carboxylic acids is 1. The van der Waals surface area contributed by atoms with Crippen molar-refractivity contribution in [2.45, 2.75) is 18.4 Å². The zero-order valence-electron chi connectivity index (χ0n) is 14.2. The van der Waals surface area contributed by atoms with E-state index in [0.29, 0.717) is 13.2 Å². The van der Waals surface area contributed by atoms with Gasteiger partial charge in [0.2, 0.25) is 5.91 Å². The van der Waals surface area contributed by atoms with E-state index in [1.807, 2.05) is 47.0 Å². The fourth-order valence-corrected chi connectivity index (χ4v) is 3.70. The van der Waals surface area contributed by atoms with Crippen LogP contribution in [0.4, 0.5) is 0 Å². The summed E-state index contributed by atoms with van der Waals surface area (Å²) in [4.78, 5) is 19.8. The van der Waals surface area contributed by atoms with Gasteiger partial charge < -0.3 is 19.5 Å². The number of halogens is 1. The smallest absolute Gasteiger partial charge is 0.231 e. The van der Waals surface area contributed by atoms with E-state index >= 15 is 0 Å². The lowest BCUT2D eigenvalue weighted by Crippen LogP contribution is -2.51. The summed E-state index contributed by atoms with van der Waals surface area (Å²) < 4.78 is 7.71. The van der Waals surface area contributed by atoms with Crippen molar-refractivity contribution in [1.82, 2.24) is 19.8 Å². The Hall–Kier alpha value is -2.05. The minimum atomic E-state index is -0.129. The molecule has 3 heterocycles. The Kier molecular flexibility index (Phi) is 5.30. The highest BCUT2D eigenvalue weighted by atomic mass is 35.5. The summed E-state index contributed by atoms with van der Waals surface area (Å²) in [5.41, 5.74) is 1.01. The zero-order chi connectivity index (χ0) is 16.5. The average molecular weight is 363 g/mol. The van der Waals surface area contributed by atoms with Crippen molar-refractivity contribution >= 4 is 18.3 Å². The van der Waals surface area contributed by atoms with Crippen LogP contribution in [0.15, 0.2) is 36.7 Å². The van der Waals surface area contributed by atoms with E-state index in [-0.39, 0.29) is 30.3 Å². The van der Waals surface area contributed by atoms with Gasteiger partial charge in [-0.25, -0.2) is 4.98 Å². The largest absolute Gasteiger partial charge is 0.493 e. The maximum absolute atomic E-state index is 13.3. The van der Waals surface area contributed by atoms with Gasteiger partial charge in [0.25, 0.3) is 0 Å². The van der Waals surface area contributed by atoms with Gasteiger partial charge in [0.15, 0.2) is 0 Å². The van der Waals surface area contributed by atoms with Crippen molar-refractivity contribution < 1.29 is 9.53 Å². The lowest BCUT2D eigenvalue weighted by Gasteiger charge is -2.38. The number of aryl methyl sites for hydroxylation is 1. The molecule has 1 saturated heterocycles. The van der Waals surface area contributed by atoms with Crippen LogP contribution in [0, 0.1) is 0 Å². The van der Waals surface area contributed by atoms with E-state index in [2.05, 4.69) is 10.3 Å². The summed E-state index contributed by atoms with van der Waals surface area (Å²) in [6, 6.07) is 7.86. The predicted octanol–water partition coefficient (Wildman–Crippen LogP) is 1.88. The van der Waals surface area contributed by atoms with Crippen LogP contribution in [0.2, 0.25) is 0 Å². The minimum Gasteiger partial charge on any atom is -0.493 e. The Bertz CT molecular complexity index is 748.